The van der Waals surface area contributed by atoms with Gasteiger partial charge in [-0.3, -0.25) is 0 Å². The van der Waals surface area contributed by atoms with Crippen LogP contribution in [0.1, 0.15) is 13.8 Å². The maximum atomic E-state index is 5.83. The number of fused-ring (bicyclic) bond motifs is 3. The molecule has 2 atom stereocenters. The minimum Gasteiger partial charge on any atom is -0.497 e. The highest BCUT2D eigenvalue weighted by molar-refractivity contribution is 6.08. The first-order valence-electron chi connectivity index (χ1n) is 7.86. The summed E-state index contributed by atoms with van der Waals surface area (Å²) in [7, 11) is 1.67. The van der Waals surface area contributed by atoms with Crippen LogP contribution in [0, 0.1) is 0 Å². The number of hydrogen-bond acceptors (Lipinski definition) is 5. The Morgan fingerprint density at radius 3 is 2.74 bits per heavy atom. The normalized spacial score (nSPS) is 22.0. The van der Waals surface area contributed by atoms with E-state index in [2.05, 4.69) is 33.7 Å². The van der Waals surface area contributed by atoms with E-state index in [1.165, 1.54) is 0 Å². The Balaban J connectivity index is 1.87. The van der Waals surface area contributed by atoms with Gasteiger partial charge >= 0.3 is 0 Å². The second-order valence-electron chi connectivity index (χ2n) is 6.12. The standard InChI is InChI=1S/C17H20N4O2/c1-10-7-21(8-11(2)23-10)17-16-15(18-9-19-17)13-5-4-12(22-3)6-14(13)20-16/h4-6,9-11,20H,7-8H2,1-3H3/t10-,11+. The molecule has 0 unspecified atom stereocenters. The molecule has 3 heterocycles. The Bertz CT molecular complexity index is 850. The topological polar surface area (TPSA) is 63.3 Å². The van der Waals surface area contributed by atoms with Gasteiger partial charge in [0.2, 0.25) is 0 Å². The molecule has 120 valence electrons. The number of rotatable bonds is 2. The molecule has 1 aliphatic rings. The maximum absolute atomic E-state index is 5.83. The van der Waals surface area contributed by atoms with Crippen molar-refractivity contribution in [2.75, 3.05) is 25.1 Å². The van der Waals surface area contributed by atoms with E-state index in [1.54, 1.807) is 13.4 Å². The Hall–Kier alpha value is -2.34. The number of ether oxygens (including phenoxy) is 2. The number of nitrogens with zero attached hydrogens (tertiary/aromatic N) is 3. The average Bonchev–Trinajstić information content (AvgIpc) is 2.91. The summed E-state index contributed by atoms with van der Waals surface area (Å²) in [5.74, 6) is 1.76. The molecular weight excluding hydrogens is 292 g/mol. The van der Waals surface area contributed by atoms with E-state index in [-0.39, 0.29) is 12.2 Å². The number of H-pyrrole nitrogens is 1. The van der Waals surface area contributed by atoms with Gasteiger partial charge in [-0.1, -0.05) is 0 Å². The summed E-state index contributed by atoms with van der Waals surface area (Å²) in [4.78, 5) is 14.7. The van der Waals surface area contributed by atoms with Crippen LogP contribution in [0.4, 0.5) is 5.82 Å². The van der Waals surface area contributed by atoms with Crippen molar-refractivity contribution in [1.29, 1.82) is 0 Å². The van der Waals surface area contributed by atoms with Crippen LogP contribution in [0.15, 0.2) is 24.5 Å². The molecule has 1 saturated heterocycles. The first-order chi connectivity index (χ1) is 11.2. The molecule has 6 heteroatoms. The van der Waals surface area contributed by atoms with Gasteiger partial charge in [-0.15, -0.1) is 0 Å². The predicted octanol–water partition coefficient (Wildman–Crippen LogP) is 2.73. The zero-order valence-corrected chi connectivity index (χ0v) is 13.5. The third kappa shape index (κ3) is 2.39. The Morgan fingerprint density at radius 1 is 1.22 bits per heavy atom. The number of benzene rings is 1. The Kier molecular flexibility index (Phi) is 3.34. The van der Waals surface area contributed by atoms with E-state index in [1.807, 2.05) is 18.2 Å². The first-order valence-corrected chi connectivity index (χ1v) is 7.86. The summed E-state index contributed by atoms with van der Waals surface area (Å²) in [6.45, 7) is 5.85. The lowest BCUT2D eigenvalue weighted by Crippen LogP contribution is -2.46. The van der Waals surface area contributed by atoms with E-state index in [9.17, 15) is 0 Å². The number of anilines is 1. The SMILES string of the molecule is COc1ccc2c(c1)[nH]c1c(N3C[C@@H](C)O[C@@H](C)C3)ncnc12. The molecule has 3 aromatic rings. The predicted molar refractivity (Wildman–Crippen MR) is 90.2 cm³/mol. The Labute approximate surface area is 134 Å². The van der Waals surface area contributed by atoms with Crippen molar-refractivity contribution in [3.63, 3.8) is 0 Å². The quantitative estimate of drug-likeness (QED) is 0.788. The van der Waals surface area contributed by atoms with Crippen molar-refractivity contribution >= 4 is 27.8 Å². The summed E-state index contributed by atoms with van der Waals surface area (Å²) < 4.78 is 11.1. The number of morpholine rings is 1. The van der Waals surface area contributed by atoms with Crippen LogP contribution < -0.4 is 9.64 Å². The molecular formula is C17H20N4O2. The molecule has 0 saturated carbocycles. The average molecular weight is 312 g/mol. The molecule has 2 aromatic heterocycles. The van der Waals surface area contributed by atoms with Gasteiger partial charge in [0.05, 0.1) is 24.8 Å². The molecule has 0 spiro atoms. The highest BCUT2D eigenvalue weighted by atomic mass is 16.5. The van der Waals surface area contributed by atoms with Gasteiger partial charge in [0.1, 0.15) is 23.1 Å². The molecule has 6 nitrogen and oxygen atoms in total. The lowest BCUT2D eigenvalue weighted by molar-refractivity contribution is -0.00537. The highest BCUT2D eigenvalue weighted by Crippen LogP contribution is 2.32. The van der Waals surface area contributed by atoms with Gasteiger partial charge in [-0.25, -0.2) is 9.97 Å². The van der Waals surface area contributed by atoms with Crippen molar-refractivity contribution in [3.05, 3.63) is 24.5 Å². The van der Waals surface area contributed by atoms with Crippen LogP contribution in [0.5, 0.6) is 5.75 Å². The molecule has 23 heavy (non-hydrogen) atoms. The van der Waals surface area contributed by atoms with Gasteiger partial charge in [0, 0.05) is 24.5 Å². The van der Waals surface area contributed by atoms with E-state index in [4.69, 9.17) is 9.47 Å². The molecule has 1 fully saturated rings. The maximum Gasteiger partial charge on any atom is 0.156 e. The smallest absolute Gasteiger partial charge is 0.156 e. The fraction of sp³-hybridized carbons (Fsp3) is 0.412. The third-order valence-corrected chi connectivity index (χ3v) is 4.29. The van der Waals surface area contributed by atoms with Gasteiger partial charge < -0.3 is 19.4 Å². The first kappa shape index (κ1) is 14.3. The van der Waals surface area contributed by atoms with Gasteiger partial charge in [-0.05, 0) is 26.0 Å². The molecule has 0 bridgehead atoms. The van der Waals surface area contributed by atoms with Crippen molar-refractivity contribution in [2.45, 2.75) is 26.1 Å². The second-order valence-corrected chi connectivity index (χ2v) is 6.12. The number of hydrogen-bond donors (Lipinski definition) is 1. The van der Waals surface area contributed by atoms with Crippen LogP contribution >= 0.6 is 0 Å². The van der Waals surface area contributed by atoms with Crippen LogP contribution in [0.25, 0.3) is 21.9 Å². The number of methoxy groups -OCH3 is 1. The molecule has 0 aliphatic carbocycles. The lowest BCUT2D eigenvalue weighted by Gasteiger charge is -2.36. The van der Waals surface area contributed by atoms with E-state index in [0.717, 1.165) is 46.6 Å². The van der Waals surface area contributed by atoms with Crippen molar-refractivity contribution in [3.8, 4) is 5.75 Å². The van der Waals surface area contributed by atoms with E-state index >= 15 is 0 Å². The minimum atomic E-state index is 0.188. The zero-order valence-electron chi connectivity index (χ0n) is 13.5. The van der Waals surface area contributed by atoms with Crippen molar-refractivity contribution in [1.82, 2.24) is 15.0 Å². The summed E-state index contributed by atoms with van der Waals surface area (Å²) in [6, 6.07) is 5.98. The molecule has 1 N–H and O–H groups in total. The summed E-state index contributed by atoms with van der Waals surface area (Å²) in [5.41, 5.74) is 2.92. The molecule has 1 aliphatic heterocycles. The van der Waals surface area contributed by atoms with Crippen LogP contribution in [0.2, 0.25) is 0 Å². The zero-order chi connectivity index (χ0) is 16.0. The van der Waals surface area contributed by atoms with E-state index < -0.39 is 0 Å². The number of aromatic nitrogens is 3. The van der Waals surface area contributed by atoms with Crippen LogP contribution in [0.3, 0.4) is 0 Å². The molecule has 0 radical (unpaired) electrons. The number of aromatic amines is 1. The van der Waals surface area contributed by atoms with Gasteiger partial charge in [0.25, 0.3) is 0 Å². The number of nitrogens with one attached hydrogen (secondary N) is 1. The Morgan fingerprint density at radius 2 is 2.00 bits per heavy atom. The van der Waals surface area contributed by atoms with Crippen LogP contribution in [-0.4, -0.2) is 47.4 Å². The lowest BCUT2D eigenvalue weighted by atomic mass is 10.2. The fourth-order valence-corrected chi connectivity index (χ4v) is 3.38. The molecule has 0 amide bonds. The molecule has 4 rings (SSSR count). The third-order valence-electron chi connectivity index (χ3n) is 4.29. The van der Waals surface area contributed by atoms with Crippen molar-refractivity contribution < 1.29 is 9.47 Å². The van der Waals surface area contributed by atoms with Gasteiger partial charge in [0.15, 0.2) is 5.82 Å². The summed E-state index contributed by atoms with van der Waals surface area (Å²) in [5, 5.41) is 1.08. The van der Waals surface area contributed by atoms with Crippen molar-refractivity contribution in [2.24, 2.45) is 0 Å². The second kappa shape index (κ2) is 5.38. The van der Waals surface area contributed by atoms with Gasteiger partial charge in [-0.2, -0.15) is 0 Å². The van der Waals surface area contributed by atoms with Crippen LogP contribution in [-0.2, 0) is 4.74 Å². The summed E-state index contributed by atoms with van der Waals surface area (Å²) in [6.07, 6.45) is 2.02. The minimum absolute atomic E-state index is 0.188. The fourth-order valence-electron chi connectivity index (χ4n) is 3.38. The summed E-state index contributed by atoms with van der Waals surface area (Å²) >= 11 is 0. The largest absolute Gasteiger partial charge is 0.497 e. The van der Waals surface area contributed by atoms with E-state index in [0.29, 0.717) is 0 Å². The monoisotopic (exact) mass is 312 g/mol. The highest BCUT2D eigenvalue weighted by Gasteiger charge is 2.25. The molecule has 1 aromatic carbocycles.